The molecule has 6 heteroatoms. The standard InChI is InChI=1S/C18H19N3O3/c22-17(20-12-14-5-1-2-9-19-14)13-24-16-7-3-6-15(11-16)21-10-4-8-18(21)23/h1-3,5-7,9,11H,4,8,10,12-13H2,(H,20,22). The summed E-state index contributed by atoms with van der Waals surface area (Å²) in [6.45, 7) is 1.02. The highest BCUT2D eigenvalue weighted by Crippen LogP contribution is 2.25. The third kappa shape index (κ3) is 4.10. The van der Waals surface area contributed by atoms with E-state index in [1.807, 2.05) is 30.3 Å². The van der Waals surface area contributed by atoms with E-state index < -0.39 is 0 Å². The molecule has 24 heavy (non-hydrogen) atoms. The zero-order chi connectivity index (χ0) is 16.8. The zero-order valence-corrected chi connectivity index (χ0v) is 13.3. The first-order valence-electron chi connectivity index (χ1n) is 7.92. The Morgan fingerprint density at radius 3 is 2.92 bits per heavy atom. The first kappa shape index (κ1) is 16.0. The van der Waals surface area contributed by atoms with Crippen molar-refractivity contribution >= 4 is 17.5 Å². The van der Waals surface area contributed by atoms with Crippen LogP contribution in [0.3, 0.4) is 0 Å². The van der Waals surface area contributed by atoms with Crippen LogP contribution in [-0.4, -0.2) is 29.9 Å². The average molecular weight is 325 g/mol. The number of rotatable bonds is 6. The minimum Gasteiger partial charge on any atom is -0.484 e. The largest absolute Gasteiger partial charge is 0.484 e. The van der Waals surface area contributed by atoms with E-state index in [1.54, 1.807) is 23.2 Å². The molecular formula is C18H19N3O3. The maximum atomic E-state index is 11.9. The smallest absolute Gasteiger partial charge is 0.258 e. The summed E-state index contributed by atoms with van der Waals surface area (Å²) in [5.41, 5.74) is 1.60. The van der Waals surface area contributed by atoms with Crippen molar-refractivity contribution < 1.29 is 14.3 Å². The Morgan fingerprint density at radius 2 is 2.17 bits per heavy atom. The van der Waals surface area contributed by atoms with Crippen LogP contribution < -0.4 is 15.0 Å². The molecule has 2 heterocycles. The normalized spacial score (nSPS) is 13.8. The lowest BCUT2D eigenvalue weighted by Gasteiger charge is -2.16. The SMILES string of the molecule is O=C(COc1cccc(N2CCCC2=O)c1)NCc1ccccn1. The average Bonchev–Trinajstić information content (AvgIpc) is 3.05. The molecule has 2 amide bonds. The summed E-state index contributed by atoms with van der Waals surface area (Å²) in [4.78, 5) is 29.5. The number of ether oxygens (including phenoxy) is 1. The topological polar surface area (TPSA) is 71.5 Å². The van der Waals surface area contributed by atoms with Crippen LogP contribution in [0.1, 0.15) is 18.5 Å². The molecule has 1 fully saturated rings. The molecule has 0 unspecified atom stereocenters. The van der Waals surface area contributed by atoms with E-state index in [0.717, 1.165) is 24.3 Å². The Labute approximate surface area is 140 Å². The predicted octanol–water partition coefficient (Wildman–Crippen LogP) is 1.90. The molecule has 124 valence electrons. The third-order valence-electron chi connectivity index (χ3n) is 3.77. The molecule has 1 saturated heterocycles. The van der Waals surface area contributed by atoms with Gasteiger partial charge in [0.2, 0.25) is 5.91 Å². The summed E-state index contributed by atoms with van der Waals surface area (Å²) in [6, 6.07) is 12.8. The van der Waals surface area contributed by atoms with E-state index in [9.17, 15) is 9.59 Å². The van der Waals surface area contributed by atoms with Crippen LogP contribution in [0.25, 0.3) is 0 Å². The molecule has 1 aromatic heterocycles. The summed E-state index contributed by atoms with van der Waals surface area (Å²) in [5.74, 6) is 0.476. The van der Waals surface area contributed by atoms with Gasteiger partial charge in [-0.1, -0.05) is 12.1 Å². The maximum Gasteiger partial charge on any atom is 0.258 e. The Hall–Kier alpha value is -2.89. The van der Waals surface area contributed by atoms with Gasteiger partial charge in [-0.15, -0.1) is 0 Å². The molecule has 1 aromatic carbocycles. The molecule has 1 N–H and O–H groups in total. The number of anilines is 1. The fourth-order valence-corrected chi connectivity index (χ4v) is 2.55. The maximum absolute atomic E-state index is 11.9. The monoisotopic (exact) mass is 325 g/mol. The van der Waals surface area contributed by atoms with Crippen LogP contribution in [-0.2, 0) is 16.1 Å². The molecule has 3 rings (SSSR count). The highest BCUT2D eigenvalue weighted by Gasteiger charge is 2.21. The quantitative estimate of drug-likeness (QED) is 0.880. The van der Waals surface area contributed by atoms with E-state index in [0.29, 0.717) is 18.7 Å². The Bertz CT molecular complexity index is 718. The van der Waals surface area contributed by atoms with Gasteiger partial charge in [-0.25, -0.2) is 0 Å². The van der Waals surface area contributed by atoms with Crippen molar-refractivity contribution in [3.8, 4) is 5.75 Å². The number of pyridine rings is 1. The van der Waals surface area contributed by atoms with Gasteiger partial charge in [0.25, 0.3) is 5.91 Å². The lowest BCUT2D eigenvalue weighted by molar-refractivity contribution is -0.123. The van der Waals surface area contributed by atoms with Crippen LogP contribution in [0.5, 0.6) is 5.75 Å². The summed E-state index contributed by atoms with van der Waals surface area (Å²) in [5, 5.41) is 2.76. The molecule has 1 aliphatic heterocycles. The molecule has 0 atom stereocenters. The van der Waals surface area contributed by atoms with Gasteiger partial charge in [0.15, 0.2) is 6.61 Å². The van der Waals surface area contributed by atoms with Crippen molar-refractivity contribution in [3.63, 3.8) is 0 Å². The van der Waals surface area contributed by atoms with Gasteiger partial charge in [0.1, 0.15) is 5.75 Å². The number of carbonyl (C=O) groups is 2. The van der Waals surface area contributed by atoms with Crippen molar-refractivity contribution in [2.45, 2.75) is 19.4 Å². The van der Waals surface area contributed by atoms with E-state index in [-0.39, 0.29) is 18.4 Å². The number of nitrogens with one attached hydrogen (secondary N) is 1. The van der Waals surface area contributed by atoms with Crippen LogP contribution in [0.4, 0.5) is 5.69 Å². The van der Waals surface area contributed by atoms with Gasteiger partial charge in [-0.05, 0) is 30.7 Å². The van der Waals surface area contributed by atoms with Crippen LogP contribution in [0.15, 0.2) is 48.7 Å². The molecule has 6 nitrogen and oxygen atoms in total. The second-order valence-electron chi connectivity index (χ2n) is 5.53. The molecule has 0 radical (unpaired) electrons. The van der Waals surface area contributed by atoms with Crippen molar-refractivity contribution in [2.24, 2.45) is 0 Å². The van der Waals surface area contributed by atoms with Crippen LogP contribution in [0, 0.1) is 0 Å². The Kier molecular flexibility index (Phi) is 5.05. The molecule has 1 aliphatic rings. The molecular weight excluding hydrogens is 306 g/mol. The number of hydrogen-bond donors (Lipinski definition) is 1. The zero-order valence-electron chi connectivity index (χ0n) is 13.3. The van der Waals surface area contributed by atoms with Gasteiger partial charge in [-0.2, -0.15) is 0 Å². The summed E-state index contributed by atoms with van der Waals surface area (Å²) in [6.07, 6.45) is 3.14. The fourth-order valence-electron chi connectivity index (χ4n) is 2.55. The van der Waals surface area contributed by atoms with Gasteiger partial charge < -0.3 is 15.0 Å². The highest BCUT2D eigenvalue weighted by atomic mass is 16.5. The van der Waals surface area contributed by atoms with E-state index in [2.05, 4.69) is 10.3 Å². The van der Waals surface area contributed by atoms with Crippen molar-refractivity contribution in [2.75, 3.05) is 18.1 Å². The van der Waals surface area contributed by atoms with E-state index in [4.69, 9.17) is 4.74 Å². The lowest BCUT2D eigenvalue weighted by Crippen LogP contribution is -2.28. The number of hydrogen-bond acceptors (Lipinski definition) is 4. The summed E-state index contributed by atoms with van der Waals surface area (Å²) >= 11 is 0. The fraction of sp³-hybridized carbons (Fsp3) is 0.278. The number of carbonyl (C=O) groups excluding carboxylic acids is 2. The molecule has 0 saturated carbocycles. The van der Waals surface area contributed by atoms with Crippen molar-refractivity contribution in [1.82, 2.24) is 10.3 Å². The molecule has 2 aromatic rings. The second kappa shape index (κ2) is 7.59. The Balaban J connectivity index is 1.51. The van der Waals surface area contributed by atoms with Gasteiger partial charge >= 0.3 is 0 Å². The van der Waals surface area contributed by atoms with Crippen LogP contribution in [0.2, 0.25) is 0 Å². The van der Waals surface area contributed by atoms with Crippen molar-refractivity contribution in [3.05, 3.63) is 54.4 Å². The Morgan fingerprint density at radius 1 is 1.25 bits per heavy atom. The van der Waals surface area contributed by atoms with E-state index >= 15 is 0 Å². The minimum atomic E-state index is -0.219. The van der Waals surface area contributed by atoms with E-state index in [1.165, 1.54) is 0 Å². The molecule has 0 spiro atoms. The third-order valence-corrected chi connectivity index (χ3v) is 3.77. The van der Waals surface area contributed by atoms with Gasteiger partial charge in [0.05, 0.1) is 12.2 Å². The first-order valence-corrected chi connectivity index (χ1v) is 7.92. The minimum absolute atomic E-state index is 0.0791. The predicted molar refractivity (Wildman–Crippen MR) is 89.6 cm³/mol. The number of nitrogens with zero attached hydrogens (tertiary/aromatic N) is 2. The second-order valence-corrected chi connectivity index (χ2v) is 5.53. The number of aromatic nitrogens is 1. The first-order chi connectivity index (χ1) is 11.7. The number of benzene rings is 1. The van der Waals surface area contributed by atoms with Crippen molar-refractivity contribution in [1.29, 1.82) is 0 Å². The highest BCUT2D eigenvalue weighted by molar-refractivity contribution is 5.95. The van der Waals surface area contributed by atoms with Gasteiger partial charge in [-0.3, -0.25) is 14.6 Å². The van der Waals surface area contributed by atoms with Gasteiger partial charge in [0, 0.05) is 30.9 Å². The summed E-state index contributed by atoms with van der Waals surface area (Å²) < 4.78 is 5.52. The summed E-state index contributed by atoms with van der Waals surface area (Å²) in [7, 11) is 0. The molecule has 0 aliphatic carbocycles. The number of amides is 2. The molecule has 0 bridgehead atoms. The van der Waals surface area contributed by atoms with Crippen LogP contribution >= 0.6 is 0 Å². The lowest BCUT2D eigenvalue weighted by atomic mass is 10.3.